The molecule has 0 aromatic heterocycles. The van der Waals surface area contributed by atoms with Gasteiger partial charge in [-0.2, -0.15) is 0 Å². The largest absolute Gasteiger partial charge is 0.0714 e. The molecule has 7 rings (SSSR count). The molecule has 0 amide bonds. The third-order valence-electron chi connectivity index (χ3n) is 8.04. The van der Waals surface area contributed by atoms with Crippen LogP contribution in [-0.2, 0) is 5.41 Å². The van der Waals surface area contributed by atoms with Crippen LogP contribution in [0.5, 0.6) is 0 Å². The molecular weight excluding hydrogens is 456 g/mol. The number of rotatable bonds is 4. The molecular formula is C38H28. The lowest BCUT2D eigenvalue weighted by Gasteiger charge is -2.34. The molecule has 0 radical (unpaired) electrons. The standard InChI is InChI=1S/C38H28/c1-27-17-21-33(22-18-27)38(32-15-9-4-10-16-32)36-25-30(28-11-5-2-6-12-28)19-23-34(36)35-24-20-31(26-37(35)38)29-13-7-3-8-14-29/h2-26H,1H3. The van der Waals surface area contributed by atoms with Crippen molar-refractivity contribution in [2.75, 3.05) is 0 Å². The smallest absolute Gasteiger partial charge is 0.0622 e. The fraction of sp³-hybridized carbons (Fsp3) is 0.0526. The molecule has 0 spiro atoms. The lowest BCUT2D eigenvalue weighted by atomic mass is 9.67. The lowest BCUT2D eigenvalue weighted by molar-refractivity contribution is 0.768. The van der Waals surface area contributed by atoms with Crippen molar-refractivity contribution in [2.45, 2.75) is 12.3 Å². The summed E-state index contributed by atoms with van der Waals surface area (Å²) in [7, 11) is 0. The van der Waals surface area contributed by atoms with Crippen LogP contribution in [0.2, 0.25) is 0 Å². The van der Waals surface area contributed by atoms with Gasteiger partial charge in [-0.3, -0.25) is 0 Å². The van der Waals surface area contributed by atoms with Gasteiger partial charge in [0.15, 0.2) is 0 Å². The van der Waals surface area contributed by atoms with Crippen LogP contribution in [0.1, 0.15) is 27.8 Å². The average Bonchev–Trinajstić information content (AvgIpc) is 3.29. The summed E-state index contributed by atoms with van der Waals surface area (Å²) in [6.07, 6.45) is 0. The van der Waals surface area contributed by atoms with Gasteiger partial charge in [-0.05, 0) is 74.7 Å². The molecule has 6 aromatic carbocycles. The van der Waals surface area contributed by atoms with Crippen molar-refractivity contribution >= 4 is 0 Å². The predicted octanol–water partition coefficient (Wildman–Crippen LogP) is 9.69. The van der Waals surface area contributed by atoms with Gasteiger partial charge < -0.3 is 0 Å². The van der Waals surface area contributed by atoms with E-state index in [9.17, 15) is 0 Å². The third-order valence-corrected chi connectivity index (χ3v) is 8.04. The summed E-state index contributed by atoms with van der Waals surface area (Å²) in [5.74, 6) is 0. The van der Waals surface area contributed by atoms with E-state index in [1.54, 1.807) is 0 Å². The molecule has 0 unspecified atom stereocenters. The number of aryl methyl sites for hydroxylation is 1. The van der Waals surface area contributed by atoms with Crippen LogP contribution in [0.25, 0.3) is 33.4 Å². The number of benzene rings is 6. The fourth-order valence-corrected chi connectivity index (χ4v) is 6.22. The molecule has 1 aliphatic carbocycles. The van der Waals surface area contributed by atoms with Gasteiger partial charge in [0.25, 0.3) is 0 Å². The molecule has 38 heavy (non-hydrogen) atoms. The summed E-state index contributed by atoms with van der Waals surface area (Å²) >= 11 is 0. The number of hydrogen-bond acceptors (Lipinski definition) is 0. The minimum atomic E-state index is -0.421. The zero-order valence-corrected chi connectivity index (χ0v) is 21.4. The third kappa shape index (κ3) is 3.45. The van der Waals surface area contributed by atoms with Crippen LogP contribution in [0, 0.1) is 6.92 Å². The molecule has 0 fully saturated rings. The maximum atomic E-state index is 2.43. The maximum absolute atomic E-state index is 2.43. The number of hydrogen-bond donors (Lipinski definition) is 0. The molecule has 6 aromatic rings. The lowest BCUT2D eigenvalue weighted by Crippen LogP contribution is -2.28. The van der Waals surface area contributed by atoms with E-state index in [0.29, 0.717) is 0 Å². The Morgan fingerprint density at radius 3 is 1.26 bits per heavy atom. The second kappa shape index (κ2) is 9.01. The summed E-state index contributed by atoms with van der Waals surface area (Å²) in [6.45, 7) is 2.16. The van der Waals surface area contributed by atoms with E-state index in [1.807, 2.05) is 0 Å². The summed E-state index contributed by atoms with van der Waals surface area (Å²) in [5, 5.41) is 0. The Hall–Kier alpha value is -4.68. The zero-order valence-electron chi connectivity index (χ0n) is 21.4. The van der Waals surface area contributed by atoms with E-state index in [4.69, 9.17) is 0 Å². The second-order valence-electron chi connectivity index (χ2n) is 10.2. The topological polar surface area (TPSA) is 0 Å². The van der Waals surface area contributed by atoms with Crippen LogP contribution in [-0.4, -0.2) is 0 Å². The van der Waals surface area contributed by atoms with Crippen molar-refractivity contribution in [1.29, 1.82) is 0 Å². The van der Waals surface area contributed by atoms with E-state index in [2.05, 4.69) is 159 Å². The molecule has 0 heteroatoms. The van der Waals surface area contributed by atoms with Gasteiger partial charge in [-0.1, -0.05) is 145 Å². The molecule has 0 saturated heterocycles. The Labute approximate surface area is 224 Å². The van der Waals surface area contributed by atoms with Crippen LogP contribution in [0.3, 0.4) is 0 Å². The molecule has 0 saturated carbocycles. The maximum Gasteiger partial charge on any atom is 0.0714 e. The fourth-order valence-electron chi connectivity index (χ4n) is 6.22. The highest BCUT2D eigenvalue weighted by atomic mass is 14.5. The number of fused-ring (bicyclic) bond motifs is 3. The van der Waals surface area contributed by atoms with Crippen molar-refractivity contribution < 1.29 is 0 Å². The monoisotopic (exact) mass is 484 g/mol. The van der Waals surface area contributed by atoms with E-state index in [1.165, 1.54) is 61.2 Å². The molecule has 0 aliphatic heterocycles. The van der Waals surface area contributed by atoms with Crippen LogP contribution < -0.4 is 0 Å². The minimum Gasteiger partial charge on any atom is -0.0622 e. The quantitative estimate of drug-likeness (QED) is 0.233. The molecule has 0 atom stereocenters. The van der Waals surface area contributed by atoms with Crippen molar-refractivity contribution in [3.8, 4) is 33.4 Å². The van der Waals surface area contributed by atoms with Crippen molar-refractivity contribution in [3.05, 3.63) is 179 Å². The predicted molar refractivity (Wildman–Crippen MR) is 159 cm³/mol. The molecule has 180 valence electrons. The summed E-state index contributed by atoms with van der Waals surface area (Å²) in [6, 6.07) is 55.7. The Kier molecular flexibility index (Phi) is 5.34. The van der Waals surface area contributed by atoms with Gasteiger partial charge in [0, 0.05) is 0 Å². The van der Waals surface area contributed by atoms with E-state index in [-0.39, 0.29) is 0 Å². The Bertz CT molecular complexity index is 1640. The molecule has 0 bridgehead atoms. The van der Waals surface area contributed by atoms with Crippen molar-refractivity contribution in [1.82, 2.24) is 0 Å². The summed E-state index contributed by atoms with van der Waals surface area (Å²) in [4.78, 5) is 0. The highest BCUT2D eigenvalue weighted by molar-refractivity contribution is 5.90. The highest BCUT2D eigenvalue weighted by Crippen LogP contribution is 2.57. The Balaban J connectivity index is 1.59. The SMILES string of the molecule is Cc1ccc(C2(c3ccccc3)c3cc(-c4ccccc4)ccc3-c3ccc(-c4ccccc4)cc32)cc1. The first-order chi connectivity index (χ1) is 18.7. The van der Waals surface area contributed by atoms with E-state index >= 15 is 0 Å². The Morgan fingerprint density at radius 2 is 0.789 bits per heavy atom. The normalized spacial score (nSPS) is 13.1. The second-order valence-corrected chi connectivity index (χ2v) is 10.2. The van der Waals surface area contributed by atoms with Crippen LogP contribution >= 0.6 is 0 Å². The van der Waals surface area contributed by atoms with Crippen LogP contribution in [0.4, 0.5) is 0 Å². The van der Waals surface area contributed by atoms with Crippen LogP contribution in [0.15, 0.2) is 152 Å². The highest BCUT2D eigenvalue weighted by Gasteiger charge is 2.46. The molecule has 1 aliphatic rings. The minimum absolute atomic E-state index is 0.421. The first-order valence-electron chi connectivity index (χ1n) is 13.3. The Morgan fingerprint density at radius 1 is 0.368 bits per heavy atom. The van der Waals surface area contributed by atoms with Gasteiger partial charge in [-0.15, -0.1) is 0 Å². The van der Waals surface area contributed by atoms with Gasteiger partial charge in [0.2, 0.25) is 0 Å². The molecule has 0 nitrogen and oxygen atoms in total. The summed E-state index contributed by atoms with van der Waals surface area (Å²) in [5.41, 5.74) is 13.7. The zero-order chi connectivity index (χ0) is 25.5. The first kappa shape index (κ1) is 22.5. The van der Waals surface area contributed by atoms with Gasteiger partial charge in [0.1, 0.15) is 0 Å². The molecule has 0 heterocycles. The van der Waals surface area contributed by atoms with Crippen molar-refractivity contribution in [2.24, 2.45) is 0 Å². The van der Waals surface area contributed by atoms with Crippen molar-refractivity contribution in [3.63, 3.8) is 0 Å². The average molecular weight is 485 g/mol. The van der Waals surface area contributed by atoms with E-state index in [0.717, 1.165) is 0 Å². The van der Waals surface area contributed by atoms with Gasteiger partial charge in [-0.25, -0.2) is 0 Å². The van der Waals surface area contributed by atoms with Gasteiger partial charge >= 0.3 is 0 Å². The van der Waals surface area contributed by atoms with E-state index < -0.39 is 5.41 Å². The molecule has 0 N–H and O–H groups in total. The van der Waals surface area contributed by atoms with Gasteiger partial charge in [0.05, 0.1) is 5.41 Å². The summed E-state index contributed by atoms with van der Waals surface area (Å²) < 4.78 is 0. The first-order valence-corrected chi connectivity index (χ1v) is 13.3.